The number of allylic oxidation sites excluding steroid dienone is 1. The van der Waals surface area contributed by atoms with Crippen LogP contribution in [0.15, 0.2) is 23.8 Å². The summed E-state index contributed by atoms with van der Waals surface area (Å²) < 4.78 is 7.41. The molecule has 3 rings (SSSR count). The van der Waals surface area contributed by atoms with Crippen molar-refractivity contribution in [1.29, 1.82) is 0 Å². The molecule has 4 nitrogen and oxygen atoms in total. The highest BCUT2D eigenvalue weighted by atomic mass is 16.5. The lowest BCUT2D eigenvalue weighted by molar-refractivity contribution is -0.870. The van der Waals surface area contributed by atoms with Gasteiger partial charge in [0.05, 0.1) is 34.3 Å². The van der Waals surface area contributed by atoms with Gasteiger partial charge in [-0.25, -0.2) is 0 Å². The van der Waals surface area contributed by atoms with Crippen LogP contribution in [0.4, 0.5) is 0 Å². The predicted octanol–water partition coefficient (Wildman–Crippen LogP) is 4.39. The van der Waals surface area contributed by atoms with Crippen molar-refractivity contribution in [2.45, 2.75) is 63.9 Å². The van der Waals surface area contributed by atoms with Crippen LogP contribution in [0.1, 0.15) is 63.0 Å². The molecule has 2 atom stereocenters. The Labute approximate surface area is 170 Å². The average molecular weight is 389 g/mol. The van der Waals surface area contributed by atoms with E-state index in [9.17, 15) is 10.2 Å². The van der Waals surface area contributed by atoms with Crippen LogP contribution in [0.5, 0.6) is 11.5 Å². The smallest absolute Gasteiger partial charge is 0.127 e. The van der Waals surface area contributed by atoms with Crippen molar-refractivity contribution >= 4 is 0 Å². The topological polar surface area (TPSA) is 49.7 Å². The molecule has 1 heterocycles. The van der Waals surface area contributed by atoms with E-state index in [0.717, 1.165) is 52.6 Å². The second-order valence-electron chi connectivity index (χ2n) is 10.2. The van der Waals surface area contributed by atoms with Gasteiger partial charge < -0.3 is 19.4 Å². The van der Waals surface area contributed by atoms with Crippen molar-refractivity contribution in [3.05, 3.63) is 34.9 Å². The number of unbranched alkanes of at least 4 members (excludes halogenated alkanes) is 2. The quantitative estimate of drug-likeness (QED) is 0.414. The Morgan fingerprint density at radius 3 is 2.57 bits per heavy atom. The molecule has 0 fully saturated rings. The molecule has 1 aliphatic heterocycles. The van der Waals surface area contributed by atoms with Crippen molar-refractivity contribution in [1.82, 2.24) is 0 Å². The molecule has 4 heteroatoms. The Hall–Kier alpha value is -1.52. The largest absolute Gasteiger partial charge is 0.508 e. The predicted molar refractivity (Wildman–Crippen MR) is 114 cm³/mol. The number of nitrogens with zero attached hydrogens (tertiary/aromatic N) is 1. The lowest BCUT2D eigenvalue weighted by Gasteiger charge is -2.47. The lowest BCUT2D eigenvalue weighted by atomic mass is 9.67. The molecule has 0 unspecified atom stereocenters. The number of hydrogen-bond acceptors (Lipinski definition) is 3. The standard InChI is InChI=1S/C24H37NO3/c1-24(2)20-11-10-18(16-26)13-19(20)23-21(27)14-17(15-22(23)28-24)9-7-6-8-12-25(3,4)5/h10,14-15,19-20,26H,6-9,11-13,16H2,1-5H3/p+1/t19-,20-/m1/s1. The fraction of sp³-hybridized carbons (Fsp3) is 0.667. The minimum atomic E-state index is -0.273. The van der Waals surface area contributed by atoms with Crippen molar-refractivity contribution in [2.75, 3.05) is 34.3 Å². The first-order valence-corrected chi connectivity index (χ1v) is 10.7. The van der Waals surface area contributed by atoms with Gasteiger partial charge in [0.1, 0.15) is 17.1 Å². The van der Waals surface area contributed by atoms with E-state index in [1.807, 2.05) is 6.07 Å². The molecule has 2 N–H and O–H groups in total. The Morgan fingerprint density at radius 2 is 1.89 bits per heavy atom. The summed E-state index contributed by atoms with van der Waals surface area (Å²) in [5.41, 5.74) is 2.90. The summed E-state index contributed by atoms with van der Waals surface area (Å²) in [5, 5.41) is 20.5. The van der Waals surface area contributed by atoms with Crippen LogP contribution >= 0.6 is 0 Å². The maximum absolute atomic E-state index is 10.9. The zero-order valence-electron chi connectivity index (χ0n) is 18.3. The number of ether oxygens (including phenoxy) is 1. The Morgan fingerprint density at radius 1 is 1.14 bits per heavy atom. The first kappa shape index (κ1) is 21.2. The highest BCUT2D eigenvalue weighted by Crippen LogP contribution is 2.54. The maximum atomic E-state index is 10.9. The van der Waals surface area contributed by atoms with Crippen molar-refractivity contribution in [3.63, 3.8) is 0 Å². The number of aliphatic hydroxyl groups excluding tert-OH is 1. The van der Waals surface area contributed by atoms with Crippen LogP contribution in [0.25, 0.3) is 0 Å². The van der Waals surface area contributed by atoms with Gasteiger partial charge in [0, 0.05) is 17.4 Å². The maximum Gasteiger partial charge on any atom is 0.127 e. The molecule has 1 aliphatic carbocycles. The summed E-state index contributed by atoms with van der Waals surface area (Å²) in [7, 11) is 6.70. The number of aryl methyl sites for hydroxylation is 1. The third-order valence-corrected chi connectivity index (χ3v) is 6.44. The summed E-state index contributed by atoms with van der Waals surface area (Å²) in [6.45, 7) is 5.60. The van der Waals surface area contributed by atoms with Gasteiger partial charge >= 0.3 is 0 Å². The minimum absolute atomic E-state index is 0.103. The van der Waals surface area contributed by atoms with Gasteiger partial charge in [0.15, 0.2) is 0 Å². The Kier molecular flexibility index (Phi) is 6.11. The fourth-order valence-corrected chi connectivity index (χ4v) is 4.89. The van der Waals surface area contributed by atoms with Crippen LogP contribution < -0.4 is 4.74 Å². The van der Waals surface area contributed by atoms with Gasteiger partial charge in [-0.15, -0.1) is 0 Å². The van der Waals surface area contributed by atoms with E-state index in [1.165, 1.54) is 19.4 Å². The lowest BCUT2D eigenvalue weighted by Crippen LogP contribution is -2.45. The number of benzene rings is 1. The van der Waals surface area contributed by atoms with E-state index in [1.54, 1.807) is 0 Å². The summed E-state index contributed by atoms with van der Waals surface area (Å²) in [6, 6.07) is 4.08. The van der Waals surface area contributed by atoms with Crippen LogP contribution in [-0.2, 0) is 6.42 Å². The number of phenols is 1. The monoisotopic (exact) mass is 388 g/mol. The molecule has 0 aromatic heterocycles. The molecule has 2 aliphatic rings. The normalized spacial score (nSPS) is 23.4. The van der Waals surface area contributed by atoms with E-state index in [4.69, 9.17) is 4.74 Å². The number of fused-ring (bicyclic) bond motifs is 3. The molecule has 1 aromatic carbocycles. The molecule has 0 radical (unpaired) electrons. The first-order chi connectivity index (χ1) is 13.1. The van der Waals surface area contributed by atoms with Gasteiger partial charge in [-0.1, -0.05) is 6.08 Å². The molecule has 156 valence electrons. The van der Waals surface area contributed by atoms with Crippen molar-refractivity contribution in [2.24, 2.45) is 5.92 Å². The minimum Gasteiger partial charge on any atom is -0.508 e. The third-order valence-electron chi connectivity index (χ3n) is 6.44. The van der Waals surface area contributed by atoms with Crippen LogP contribution in [0, 0.1) is 5.92 Å². The van der Waals surface area contributed by atoms with Crippen LogP contribution in [0.3, 0.4) is 0 Å². The van der Waals surface area contributed by atoms with Crippen molar-refractivity contribution < 1.29 is 19.4 Å². The van der Waals surface area contributed by atoms with Gasteiger partial charge in [-0.05, 0) is 75.6 Å². The summed E-state index contributed by atoms with van der Waals surface area (Å²) in [5.74, 6) is 1.74. The van der Waals surface area contributed by atoms with E-state index >= 15 is 0 Å². The number of quaternary nitrogens is 1. The van der Waals surface area contributed by atoms with E-state index < -0.39 is 0 Å². The van der Waals surface area contributed by atoms with Gasteiger partial charge in [0.2, 0.25) is 0 Å². The Balaban J connectivity index is 1.74. The number of rotatable bonds is 7. The Bertz CT molecular complexity index is 730. The molecule has 0 amide bonds. The van der Waals surface area contributed by atoms with Gasteiger partial charge in [-0.2, -0.15) is 0 Å². The molecular formula is C24H38NO3+. The number of hydrogen-bond donors (Lipinski definition) is 2. The number of aliphatic hydroxyl groups is 1. The number of phenolic OH excluding ortho intramolecular Hbond substituents is 1. The SMILES string of the molecule is CC1(C)Oc2cc(CCCCC[N+](C)(C)C)cc(O)c2[C@@H]2CC(CO)=CC[C@H]21. The fourth-order valence-electron chi connectivity index (χ4n) is 4.89. The summed E-state index contributed by atoms with van der Waals surface area (Å²) in [6.07, 6.45) is 8.38. The van der Waals surface area contributed by atoms with Crippen molar-refractivity contribution in [3.8, 4) is 11.5 Å². The molecule has 0 saturated carbocycles. The molecule has 1 aromatic rings. The summed E-state index contributed by atoms with van der Waals surface area (Å²) in [4.78, 5) is 0. The second-order valence-corrected chi connectivity index (χ2v) is 10.2. The zero-order chi connectivity index (χ0) is 20.5. The highest BCUT2D eigenvalue weighted by Gasteiger charge is 2.45. The summed E-state index contributed by atoms with van der Waals surface area (Å²) >= 11 is 0. The first-order valence-electron chi connectivity index (χ1n) is 10.7. The second kappa shape index (κ2) is 8.08. The van der Waals surface area contributed by atoms with Crippen LogP contribution in [-0.4, -0.2) is 54.6 Å². The number of aromatic hydroxyl groups is 1. The molecule has 28 heavy (non-hydrogen) atoms. The van der Waals surface area contributed by atoms with Gasteiger partial charge in [0.25, 0.3) is 0 Å². The third kappa shape index (κ3) is 4.72. The molecule has 0 spiro atoms. The van der Waals surface area contributed by atoms with Gasteiger partial charge in [-0.3, -0.25) is 0 Å². The van der Waals surface area contributed by atoms with Crippen LogP contribution in [0.2, 0.25) is 0 Å². The molecule has 0 bridgehead atoms. The van der Waals surface area contributed by atoms with E-state index in [-0.39, 0.29) is 18.1 Å². The van der Waals surface area contributed by atoms with E-state index in [0.29, 0.717) is 11.7 Å². The average Bonchev–Trinajstić information content (AvgIpc) is 2.59. The highest BCUT2D eigenvalue weighted by molar-refractivity contribution is 5.52. The molecule has 0 saturated heterocycles. The zero-order valence-corrected chi connectivity index (χ0v) is 18.3. The van der Waals surface area contributed by atoms with E-state index in [2.05, 4.69) is 47.1 Å². The molecular weight excluding hydrogens is 350 g/mol.